The van der Waals surface area contributed by atoms with E-state index in [2.05, 4.69) is 29.5 Å². The Morgan fingerprint density at radius 1 is 1.53 bits per heavy atom. The minimum Gasteiger partial charge on any atom is -0.330 e. The van der Waals surface area contributed by atoms with E-state index in [9.17, 15) is 0 Å². The van der Waals surface area contributed by atoms with Crippen LogP contribution in [-0.2, 0) is 13.5 Å². The fourth-order valence-electron chi connectivity index (χ4n) is 1.73. The lowest BCUT2D eigenvalue weighted by atomic mass is 10.1. The number of nitrogens with zero attached hydrogens (tertiary/aromatic N) is 2. The molecule has 4 heteroatoms. The van der Waals surface area contributed by atoms with Crippen LogP contribution in [0.3, 0.4) is 0 Å². The first-order valence-electron chi connectivity index (χ1n) is 5.00. The number of hydrogen-bond donors (Lipinski definition) is 1. The van der Waals surface area contributed by atoms with Gasteiger partial charge in [-0.05, 0) is 24.9 Å². The van der Waals surface area contributed by atoms with Crippen molar-refractivity contribution in [3.63, 3.8) is 0 Å². The Bertz CT molecular complexity index is 443. The van der Waals surface area contributed by atoms with Gasteiger partial charge in [0.15, 0.2) is 0 Å². The summed E-state index contributed by atoms with van der Waals surface area (Å²) >= 11 is 1.75. The predicted molar refractivity (Wildman–Crippen MR) is 64.0 cm³/mol. The van der Waals surface area contributed by atoms with Crippen LogP contribution in [0.4, 0.5) is 0 Å². The van der Waals surface area contributed by atoms with Crippen molar-refractivity contribution < 1.29 is 0 Å². The summed E-state index contributed by atoms with van der Waals surface area (Å²) in [6.45, 7) is 2.75. The van der Waals surface area contributed by atoms with E-state index in [0.29, 0.717) is 6.54 Å². The molecule has 0 aliphatic heterocycles. The van der Waals surface area contributed by atoms with E-state index in [-0.39, 0.29) is 0 Å². The van der Waals surface area contributed by atoms with Gasteiger partial charge in [-0.1, -0.05) is 6.07 Å². The zero-order valence-electron chi connectivity index (χ0n) is 9.03. The van der Waals surface area contributed by atoms with Crippen molar-refractivity contribution in [3.05, 3.63) is 28.9 Å². The van der Waals surface area contributed by atoms with Crippen molar-refractivity contribution in [1.82, 2.24) is 9.78 Å². The second-order valence-corrected chi connectivity index (χ2v) is 4.49. The van der Waals surface area contributed by atoms with Crippen LogP contribution >= 0.6 is 11.3 Å². The molecule has 0 atom stereocenters. The molecule has 3 nitrogen and oxygen atoms in total. The third-order valence-electron chi connectivity index (χ3n) is 2.56. The van der Waals surface area contributed by atoms with Crippen molar-refractivity contribution in [1.29, 1.82) is 0 Å². The molecule has 0 aromatic carbocycles. The molecule has 0 bridgehead atoms. The third-order valence-corrected chi connectivity index (χ3v) is 3.44. The van der Waals surface area contributed by atoms with Crippen molar-refractivity contribution in [3.8, 4) is 10.4 Å². The second kappa shape index (κ2) is 4.16. The first-order valence-corrected chi connectivity index (χ1v) is 5.88. The Morgan fingerprint density at radius 3 is 2.93 bits per heavy atom. The number of rotatable bonds is 3. The van der Waals surface area contributed by atoms with Gasteiger partial charge in [0.1, 0.15) is 0 Å². The Labute approximate surface area is 93.5 Å². The molecule has 2 N–H and O–H groups in total. The van der Waals surface area contributed by atoms with E-state index in [1.54, 1.807) is 11.3 Å². The van der Waals surface area contributed by atoms with Gasteiger partial charge >= 0.3 is 0 Å². The maximum absolute atomic E-state index is 5.60. The molecule has 0 spiro atoms. The summed E-state index contributed by atoms with van der Waals surface area (Å²) in [5.41, 5.74) is 9.18. The van der Waals surface area contributed by atoms with Gasteiger partial charge in [0.25, 0.3) is 0 Å². The number of thiophene rings is 1. The highest BCUT2D eigenvalue weighted by Gasteiger charge is 2.14. The van der Waals surface area contributed by atoms with E-state index in [0.717, 1.165) is 12.1 Å². The first-order chi connectivity index (χ1) is 7.24. The van der Waals surface area contributed by atoms with E-state index in [1.165, 1.54) is 16.1 Å². The number of hydrogen-bond acceptors (Lipinski definition) is 3. The van der Waals surface area contributed by atoms with Crippen LogP contribution in [0.15, 0.2) is 17.5 Å². The first kappa shape index (κ1) is 10.4. The minimum absolute atomic E-state index is 0.648. The summed E-state index contributed by atoms with van der Waals surface area (Å²) in [4.78, 5) is 1.28. The fourth-order valence-corrected chi connectivity index (χ4v) is 2.57. The van der Waals surface area contributed by atoms with Crippen LogP contribution < -0.4 is 5.73 Å². The molecule has 15 heavy (non-hydrogen) atoms. The standard InChI is InChI=1S/C11H15N3S/c1-8-11(10-4-3-7-15-10)9(5-6-12)13-14(8)2/h3-4,7H,5-6,12H2,1-2H3. The van der Waals surface area contributed by atoms with Crippen LogP contribution in [-0.4, -0.2) is 16.3 Å². The van der Waals surface area contributed by atoms with Gasteiger partial charge in [-0.2, -0.15) is 5.10 Å². The normalized spacial score (nSPS) is 10.9. The molecule has 0 amide bonds. The Kier molecular flexibility index (Phi) is 2.88. The summed E-state index contributed by atoms with van der Waals surface area (Å²) in [6.07, 6.45) is 0.842. The van der Waals surface area contributed by atoms with Gasteiger partial charge in [-0.3, -0.25) is 4.68 Å². The van der Waals surface area contributed by atoms with Crippen molar-refractivity contribution in [2.75, 3.05) is 6.54 Å². The van der Waals surface area contributed by atoms with Gasteiger partial charge in [-0.25, -0.2) is 0 Å². The molecular weight excluding hydrogens is 206 g/mol. The summed E-state index contributed by atoms with van der Waals surface area (Å²) in [6, 6.07) is 4.20. The fraction of sp³-hybridized carbons (Fsp3) is 0.364. The van der Waals surface area contributed by atoms with Crippen LogP contribution in [0.25, 0.3) is 10.4 Å². The van der Waals surface area contributed by atoms with Crippen molar-refractivity contribution in [2.45, 2.75) is 13.3 Å². The third kappa shape index (κ3) is 1.82. The Morgan fingerprint density at radius 2 is 2.33 bits per heavy atom. The average Bonchev–Trinajstić information content (AvgIpc) is 2.78. The molecule has 2 heterocycles. The lowest BCUT2D eigenvalue weighted by Crippen LogP contribution is -2.04. The molecule has 0 radical (unpaired) electrons. The summed E-state index contributed by atoms with van der Waals surface area (Å²) in [7, 11) is 1.98. The minimum atomic E-state index is 0.648. The molecule has 2 aromatic heterocycles. The van der Waals surface area contributed by atoms with Gasteiger partial charge < -0.3 is 5.73 Å². The van der Waals surface area contributed by atoms with E-state index < -0.39 is 0 Å². The number of aryl methyl sites for hydroxylation is 1. The molecule has 0 aliphatic rings. The summed E-state index contributed by atoms with van der Waals surface area (Å²) in [5.74, 6) is 0. The molecule has 80 valence electrons. The molecule has 0 aliphatic carbocycles. The lowest BCUT2D eigenvalue weighted by Gasteiger charge is -1.99. The highest BCUT2D eigenvalue weighted by Crippen LogP contribution is 2.30. The highest BCUT2D eigenvalue weighted by molar-refractivity contribution is 7.13. The predicted octanol–water partition coefficient (Wildman–Crippen LogP) is 1.96. The SMILES string of the molecule is Cc1c(-c2cccs2)c(CCN)nn1C. The van der Waals surface area contributed by atoms with Crippen LogP contribution in [0.5, 0.6) is 0 Å². The summed E-state index contributed by atoms with van der Waals surface area (Å²) < 4.78 is 1.93. The number of nitrogens with two attached hydrogens (primary N) is 1. The molecule has 0 saturated carbocycles. The van der Waals surface area contributed by atoms with Gasteiger partial charge in [0.2, 0.25) is 0 Å². The topological polar surface area (TPSA) is 43.8 Å². The number of aromatic nitrogens is 2. The molecule has 2 rings (SSSR count). The highest BCUT2D eigenvalue weighted by atomic mass is 32.1. The molecule has 2 aromatic rings. The molecule has 0 unspecified atom stereocenters. The zero-order valence-corrected chi connectivity index (χ0v) is 9.84. The second-order valence-electron chi connectivity index (χ2n) is 3.55. The van der Waals surface area contributed by atoms with Crippen LogP contribution in [0.1, 0.15) is 11.4 Å². The largest absolute Gasteiger partial charge is 0.330 e. The van der Waals surface area contributed by atoms with Gasteiger partial charge in [0.05, 0.1) is 5.69 Å². The van der Waals surface area contributed by atoms with E-state index in [4.69, 9.17) is 5.73 Å². The quantitative estimate of drug-likeness (QED) is 0.861. The van der Waals surface area contributed by atoms with Crippen LogP contribution in [0.2, 0.25) is 0 Å². The molecule has 0 fully saturated rings. The smallest absolute Gasteiger partial charge is 0.0726 e. The molecule has 0 saturated heterocycles. The maximum atomic E-state index is 5.60. The van der Waals surface area contributed by atoms with Crippen molar-refractivity contribution in [2.24, 2.45) is 12.8 Å². The monoisotopic (exact) mass is 221 g/mol. The Hall–Kier alpha value is -1.13. The van der Waals surface area contributed by atoms with Crippen molar-refractivity contribution >= 4 is 11.3 Å². The Balaban J connectivity index is 2.53. The summed E-state index contributed by atoms with van der Waals surface area (Å²) in [5, 5.41) is 6.59. The zero-order chi connectivity index (χ0) is 10.8. The molecular formula is C11H15N3S. The lowest BCUT2D eigenvalue weighted by molar-refractivity contribution is 0.718. The van der Waals surface area contributed by atoms with Gasteiger partial charge in [0, 0.05) is 29.6 Å². The van der Waals surface area contributed by atoms with Gasteiger partial charge in [-0.15, -0.1) is 11.3 Å². The van der Waals surface area contributed by atoms with Crippen LogP contribution in [0, 0.1) is 6.92 Å². The van der Waals surface area contributed by atoms with E-state index in [1.807, 2.05) is 11.7 Å². The maximum Gasteiger partial charge on any atom is 0.0726 e. The average molecular weight is 221 g/mol. The van der Waals surface area contributed by atoms with E-state index >= 15 is 0 Å².